The maximum absolute atomic E-state index is 12.9. The Bertz CT molecular complexity index is 707. The summed E-state index contributed by atoms with van der Waals surface area (Å²) >= 11 is 0. The van der Waals surface area contributed by atoms with Crippen molar-refractivity contribution in [3.8, 4) is 0 Å². The Labute approximate surface area is 144 Å². The fraction of sp³-hybridized carbons (Fsp3) is 0.222. The van der Waals surface area contributed by atoms with Crippen LogP contribution in [0.1, 0.15) is 11.1 Å². The number of hydrazine groups is 1. The van der Waals surface area contributed by atoms with Crippen molar-refractivity contribution in [2.45, 2.75) is 24.9 Å². The van der Waals surface area contributed by atoms with Gasteiger partial charge in [-0.05, 0) is 36.1 Å². The molecule has 0 aliphatic rings. The molecule has 4 N–H and O–H groups in total. The van der Waals surface area contributed by atoms with Gasteiger partial charge >= 0.3 is 11.9 Å². The van der Waals surface area contributed by atoms with Crippen molar-refractivity contribution in [2.75, 3.05) is 0 Å². The summed E-state index contributed by atoms with van der Waals surface area (Å²) < 4.78 is 12.9. The first-order valence-electron chi connectivity index (χ1n) is 7.70. The highest BCUT2D eigenvalue weighted by atomic mass is 19.1. The molecule has 25 heavy (non-hydrogen) atoms. The maximum atomic E-state index is 12.9. The van der Waals surface area contributed by atoms with Crippen molar-refractivity contribution < 1.29 is 24.2 Å². The summed E-state index contributed by atoms with van der Waals surface area (Å²) in [6.07, 6.45) is 0.284. The molecule has 2 aromatic carbocycles. The van der Waals surface area contributed by atoms with Crippen LogP contribution in [0.15, 0.2) is 54.6 Å². The van der Waals surface area contributed by atoms with E-state index in [1.165, 1.54) is 24.3 Å². The molecule has 0 unspecified atom stereocenters. The number of hydrogen-bond acceptors (Lipinski definition) is 4. The van der Waals surface area contributed by atoms with E-state index in [9.17, 15) is 24.2 Å². The van der Waals surface area contributed by atoms with E-state index in [0.717, 1.165) is 5.56 Å². The van der Waals surface area contributed by atoms with Crippen LogP contribution in [0, 0.1) is 5.82 Å². The molecule has 0 aliphatic carbocycles. The quantitative estimate of drug-likeness (QED) is 0.515. The van der Waals surface area contributed by atoms with Gasteiger partial charge in [-0.25, -0.2) is 15.2 Å². The van der Waals surface area contributed by atoms with E-state index in [2.05, 4.69) is 10.9 Å². The fourth-order valence-electron chi connectivity index (χ4n) is 2.31. The molecule has 6 nitrogen and oxygen atoms in total. The zero-order valence-electron chi connectivity index (χ0n) is 13.4. The number of hydrogen-bond donors (Lipinski definition) is 4. The molecule has 0 aromatic heterocycles. The molecule has 132 valence electrons. The zero-order chi connectivity index (χ0) is 18.2. The van der Waals surface area contributed by atoms with Gasteiger partial charge in [-0.2, -0.15) is 0 Å². The lowest BCUT2D eigenvalue weighted by atomic mass is 10.1. The van der Waals surface area contributed by atoms with E-state index in [1.54, 1.807) is 24.3 Å². The Kier molecular flexibility index (Phi) is 6.62. The van der Waals surface area contributed by atoms with E-state index >= 15 is 0 Å². The molecule has 0 bridgehead atoms. The van der Waals surface area contributed by atoms with E-state index in [1.807, 2.05) is 6.07 Å². The van der Waals surface area contributed by atoms with Crippen LogP contribution in [0.2, 0.25) is 0 Å². The Hall–Kier alpha value is -2.77. The molecule has 0 spiro atoms. The van der Waals surface area contributed by atoms with Crippen molar-refractivity contribution in [3.63, 3.8) is 0 Å². The molecule has 0 amide bonds. The van der Waals surface area contributed by atoms with Crippen LogP contribution < -0.4 is 10.9 Å². The topological polar surface area (TPSA) is 98.7 Å². The summed E-state index contributed by atoms with van der Waals surface area (Å²) in [5, 5.41) is 18.6. The Morgan fingerprint density at radius 3 is 1.68 bits per heavy atom. The second kappa shape index (κ2) is 8.91. The van der Waals surface area contributed by atoms with Gasteiger partial charge in [0.15, 0.2) is 0 Å². The fourth-order valence-corrected chi connectivity index (χ4v) is 2.31. The van der Waals surface area contributed by atoms with Crippen molar-refractivity contribution in [1.82, 2.24) is 10.9 Å². The molecule has 0 fully saturated rings. The number of aliphatic carboxylic acids is 2. The number of carboxylic acids is 2. The largest absolute Gasteiger partial charge is 0.480 e. The number of carbonyl (C=O) groups is 2. The normalized spacial score (nSPS) is 13.2. The molecule has 2 aromatic rings. The first kappa shape index (κ1) is 18.6. The minimum atomic E-state index is -1.14. The summed E-state index contributed by atoms with van der Waals surface area (Å²) in [7, 11) is 0. The van der Waals surface area contributed by atoms with E-state index < -0.39 is 29.8 Å². The van der Waals surface area contributed by atoms with Crippen molar-refractivity contribution >= 4 is 11.9 Å². The monoisotopic (exact) mass is 346 g/mol. The minimum absolute atomic E-state index is 0.0836. The first-order chi connectivity index (χ1) is 12.0. The van der Waals surface area contributed by atoms with E-state index in [0.29, 0.717) is 5.56 Å². The third-order valence-electron chi connectivity index (χ3n) is 3.66. The molecular formula is C18H19FN2O4. The van der Waals surface area contributed by atoms with Gasteiger partial charge in [-0.15, -0.1) is 0 Å². The van der Waals surface area contributed by atoms with Crippen LogP contribution in [-0.4, -0.2) is 34.2 Å². The van der Waals surface area contributed by atoms with E-state index in [4.69, 9.17) is 0 Å². The molecule has 0 radical (unpaired) electrons. The van der Waals surface area contributed by atoms with Crippen LogP contribution in [0.5, 0.6) is 0 Å². The summed E-state index contributed by atoms with van der Waals surface area (Å²) in [5.74, 6) is -2.64. The highest BCUT2D eigenvalue weighted by Gasteiger charge is 2.22. The van der Waals surface area contributed by atoms with Crippen molar-refractivity contribution in [2.24, 2.45) is 0 Å². The van der Waals surface area contributed by atoms with Crippen LogP contribution >= 0.6 is 0 Å². The average Bonchev–Trinajstić information content (AvgIpc) is 2.59. The highest BCUT2D eigenvalue weighted by Crippen LogP contribution is 2.07. The maximum Gasteiger partial charge on any atom is 0.322 e. The second-order valence-electron chi connectivity index (χ2n) is 5.59. The SMILES string of the molecule is O=C(O)[C@H](Cc1ccccc1)NN[C@@H](Cc1ccc(F)cc1)C(=O)O. The van der Waals surface area contributed by atoms with Gasteiger partial charge in [0.1, 0.15) is 17.9 Å². The lowest BCUT2D eigenvalue weighted by Gasteiger charge is -2.20. The predicted molar refractivity (Wildman–Crippen MR) is 89.4 cm³/mol. The Morgan fingerprint density at radius 2 is 1.24 bits per heavy atom. The van der Waals surface area contributed by atoms with Gasteiger partial charge in [0, 0.05) is 0 Å². The highest BCUT2D eigenvalue weighted by molar-refractivity contribution is 5.75. The molecule has 7 heteroatoms. The summed E-state index contributed by atoms with van der Waals surface area (Å²) in [5.41, 5.74) is 6.57. The molecule has 2 rings (SSSR count). The molecule has 0 heterocycles. The van der Waals surface area contributed by atoms with Crippen LogP contribution in [0.3, 0.4) is 0 Å². The molecule has 0 saturated carbocycles. The molecule has 2 atom stereocenters. The third-order valence-corrected chi connectivity index (χ3v) is 3.66. The van der Waals surface area contributed by atoms with Crippen LogP contribution in [-0.2, 0) is 22.4 Å². The van der Waals surface area contributed by atoms with Gasteiger partial charge in [0.25, 0.3) is 0 Å². The lowest BCUT2D eigenvalue weighted by Crippen LogP contribution is -2.53. The summed E-state index contributed by atoms with van der Waals surface area (Å²) in [4.78, 5) is 22.8. The first-order valence-corrected chi connectivity index (χ1v) is 7.70. The Balaban J connectivity index is 1.98. The summed E-state index contributed by atoms with van der Waals surface area (Å²) in [6.45, 7) is 0. The third kappa shape index (κ3) is 5.98. The van der Waals surface area contributed by atoms with Gasteiger partial charge < -0.3 is 10.2 Å². The Morgan fingerprint density at radius 1 is 0.800 bits per heavy atom. The number of nitrogens with one attached hydrogen (secondary N) is 2. The van der Waals surface area contributed by atoms with Gasteiger partial charge in [-0.1, -0.05) is 42.5 Å². The minimum Gasteiger partial charge on any atom is -0.480 e. The summed E-state index contributed by atoms with van der Waals surface area (Å²) in [6, 6.07) is 12.5. The molecule has 0 saturated heterocycles. The van der Waals surface area contributed by atoms with E-state index in [-0.39, 0.29) is 12.8 Å². The van der Waals surface area contributed by atoms with Crippen molar-refractivity contribution in [1.29, 1.82) is 0 Å². The van der Waals surface area contributed by atoms with Gasteiger partial charge in [0.05, 0.1) is 0 Å². The zero-order valence-corrected chi connectivity index (χ0v) is 13.4. The van der Waals surface area contributed by atoms with Crippen LogP contribution in [0.25, 0.3) is 0 Å². The smallest absolute Gasteiger partial charge is 0.322 e. The number of benzene rings is 2. The van der Waals surface area contributed by atoms with Crippen molar-refractivity contribution in [3.05, 3.63) is 71.5 Å². The number of halogens is 1. The standard InChI is InChI=1S/C18H19FN2O4/c19-14-8-6-13(7-9-14)11-16(18(24)25)21-20-15(17(22)23)10-12-4-2-1-3-5-12/h1-9,15-16,20-21H,10-11H2,(H,22,23)(H,24,25)/t15-,16-/m0/s1. The lowest BCUT2D eigenvalue weighted by molar-refractivity contribution is -0.143. The molecule has 0 aliphatic heterocycles. The number of carboxylic acid groups (broad SMARTS) is 2. The van der Waals surface area contributed by atoms with Gasteiger partial charge in [0.2, 0.25) is 0 Å². The van der Waals surface area contributed by atoms with Gasteiger partial charge in [-0.3, -0.25) is 9.59 Å². The number of rotatable bonds is 9. The molecular weight excluding hydrogens is 327 g/mol. The average molecular weight is 346 g/mol. The predicted octanol–water partition coefficient (Wildman–Crippen LogP) is 1.61. The van der Waals surface area contributed by atoms with Crippen LogP contribution in [0.4, 0.5) is 4.39 Å². The second-order valence-corrected chi connectivity index (χ2v) is 5.59.